The molecule has 2 aromatic rings. The number of nitrogens with zero attached hydrogens (tertiary/aromatic N) is 4. The minimum Gasteiger partial charge on any atom is -0.493 e. The Hall–Kier alpha value is -1.83. The van der Waals surface area contributed by atoms with Crippen molar-refractivity contribution in [3.63, 3.8) is 0 Å². The highest BCUT2D eigenvalue weighted by molar-refractivity contribution is 6.31. The van der Waals surface area contributed by atoms with Crippen LogP contribution in [-0.4, -0.2) is 52.8 Å². The lowest BCUT2D eigenvalue weighted by atomic mass is 9.99. The Labute approximate surface area is 157 Å². The molecule has 0 bridgehead atoms. The molecule has 0 N–H and O–H groups in total. The third kappa shape index (κ3) is 3.26. The van der Waals surface area contributed by atoms with Gasteiger partial charge in [-0.15, -0.1) is 5.10 Å². The van der Waals surface area contributed by atoms with Crippen LogP contribution in [0.4, 0.5) is 0 Å². The molecule has 26 heavy (non-hydrogen) atoms. The predicted octanol–water partition coefficient (Wildman–Crippen LogP) is 2.68. The van der Waals surface area contributed by atoms with Crippen LogP contribution in [0.25, 0.3) is 0 Å². The fraction of sp³-hybridized carbons (Fsp3) is 0.556. The SMILES string of the molecule is CCOc1cc(CN2CC[C@H]3[C@H](C2)OCc2cnnn23)c(Cl)cc1OC. The highest BCUT2D eigenvalue weighted by atomic mass is 35.5. The Morgan fingerprint density at radius 2 is 2.23 bits per heavy atom. The Bertz CT molecular complexity index is 782. The molecule has 0 radical (unpaired) electrons. The van der Waals surface area contributed by atoms with Crippen LogP contribution in [-0.2, 0) is 17.9 Å². The summed E-state index contributed by atoms with van der Waals surface area (Å²) in [7, 11) is 1.62. The summed E-state index contributed by atoms with van der Waals surface area (Å²) in [4.78, 5) is 2.37. The molecule has 1 fully saturated rings. The van der Waals surface area contributed by atoms with Gasteiger partial charge in [-0.2, -0.15) is 0 Å². The molecule has 1 aromatic carbocycles. The molecule has 2 aliphatic heterocycles. The maximum absolute atomic E-state index is 6.47. The van der Waals surface area contributed by atoms with Gasteiger partial charge in [-0.25, -0.2) is 4.68 Å². The van der Waals surface area contributed by atoms with E-state index in [1.165, 1.54) is 0 Å². The Morgan fingerprint density at radius 3 is 3.04 bits per heavy atom. The van der Waals surface area contributed by atoms with Crippen molar-refractivity contribution < 1.29 is 14.2 Å². The van der Waals surface area contributed by atoms with Gasteiger partial charge in [0.25, 0.3) is 0 Å². The third-order valence-electron chi connectivity index (χ3n) is 5.04. The molecule has 1 aromatic heterocycles. The van der Waals surface area contributed by atoms with Gasteiger partial charge in [0.2, 0.25) is 0 Å². The first-order valence-electron chi connectivity index (χ1n) is 8.91. The van der Waals surface area contributed by atoms with Gasteiger partial charge in [0.05, 0.1) is 44.4 Å². The van der Waals surface area contributed by atoms with Crippen LogP contribution in [0.3, 0.4) is 0 Å². The van der Waals surface area contributed by atoms with Crippen molar-refractivity contribution >= 4 is 11.6 Å². The molecule has 140 valence electrons. The number of fused-ring (bicyclic) bond motifs is 3. The zero-order valence-corrected chi connectivity index (χ0v) is 15.8. The maximum atomic E-state index is 6.47. The largest absolute Gasteiger partial charge is 0.493 e. The first kappa shape index (κ1) is 17.6. The normalized spacial score (nSPS) is 22.6. The number of halogens is 1. The van der Waals surface area contributed by atoms with Gasteiger partial charge in [-0.1, -0.05) is 16.8 Å². The number of likely N-dealkylation sites (tertiary alicyclic amines) is 1. The van der Waals surface area contributed by atoms with Crippen molar-refractivity contribution in [3.05, 3.63) is 34.6 Å². The van der Waals surface area contributed by atoms with Gasteiger partial charge in [0.15, 0.2) is 11.5 Å². The summed E-state index contributed by atoms with van der Waals surface area (Å²) in [6, 6.07) is 4.07. The Balaban J connectivity index is 1.48. The maximum Gasteiger partial charge on any atom is 0.162 e. The smallest absolute Gasteiger partial charge is 0.162 e. The van der Waals surface area contributed by atoms with E-state index in [1.807, 2.05) is 23.7 Å². The molecule has 3 heterocycles. The van der Waals surface area contributed by atoms with E-state index < -0.39 is 0 Å². The fourth-order valence-electron chi connectivity index (χ4n) is 3.76. The number of rotatable bonds is 5. The van der Waals surface area contributed by atoms with E-state index in [4.69, 9.17) is 25.8 Å². The monoisotopic (exact) mass is 378 g/mol. The van der Waals surface area contributed by atoms with E-state index in [0.29, 0.717) is 24.0 Å². The molecular formula is C18H23ClN4O3. The Kier molecular flexibility index (Phi) is 5.02. The van der Waals surface area contributed by atoms with E-state index in [9.17, 15) is 0 Å². The molecule has 1 saturated heterocycles. The molecule has 4 rings (SSSR count). The summed E-state index contributed by atoms with van der Waals surface area (Å²) in [6.07, 6.45) is 2.89. The van der Waals surface area contributed by atoms with Crippen molar-refractivity contribution in [3.8, 4) is 11.5 Å². The van der Waals surface area contributed by atoms with Crippen LogP contribution >= 0.6 is 11.6 Å². The number of aromatic nitrogens is 3. The molecule has 2 atom stereocenters. The van der Waals surface area contributed by atoms with Crippen LogP contribution < -0.4 is 9.47 Å². The lowest BCUT2D eigenvalue weighted by Crippen LogP contribution is -2.48. The Morgan fingerprint density at radius 1 is 1.35 bits per heavy atom. The first-order valence-corrected chi connectivity index (χ1v) is 9.29. The lowest BCUT2D eigenvalue weighted by molar-refractivity contribution is -0.0704. The fourth-order valence-corrected chi connectivity index (χ4v) is 3.98. The average Bonchev–Trinajstić information content (AvgIpc) is 3.13. The van der Waals surface area contributed by atoms with E-state index in [0.717, 1.165) is 43.1 Å². The third-order valence-corrected chi connectivity index (χ3v) is 5.40. The zero-order chi connectivity index (χ0) is 18.1. The minimum absolute atomic E-state index is 0.126. The van der Waals surface area contributed by atoms with E-state index in [2.05, 4.69) is 15.2 Å². The summed E-state index contributed by atoms with van der Waals surface area (Å²) in [6.45, 7) is 5.65. The van der Waals surface area contributed by atoms with Crippen LogP contribution in [0.5, 0.6) is 11.5 Å². The summed E-state index contributed by atoms with van der Waals surface area (Å²) >= 11 is 6.47. The second kappa shape index (κ2) is 7.42. The van der Waals surface area contributed by atoms with E-state index in [-0.39, 0.29) is 12.1 Å². The number of hydrogen-bond donors (Lipinski definition) is 0. The minimum atomic E-state index is 0.126. The van der Waals surface area contributed by atoms with E-state index in [1.54, 1.807) is 13.3 Å². The average molecular weight is 379 g/mol. The first-order chi connectivity index (χ1) is 12.7. The number of benzene rings is 1. The quantitative estimate of drug-likeness (QED) is 0.797. The summed E-state index contributed by atoms with van der Waals surface area (Å²) in [5, 5.41) is 8.94. The van der Waals surface area contributed by atoms with Crippen molar-refractivity contribution in [2.75, 3.05) is 26.8 Å². The molecule has 0 amide bonds. The van der Waals surface area contributed by atoms with E-state index >= 15 is 0 Å². The lowest BCUT2D eigenvalue weighted by Gasteiger charge is -2.41. The van der Waals surface area contributed by atoms with Crippen LogP contribution in [0.1, 0.15) is 30.6 Å². The molecule has 2 aliphatic rings. The van der Waals surface area contributed by atoms with Gasteiger partial charge < -0.3 is 14.2 Å². The predicted molar refractivity (Wildman–Crippen MR) is 96.7 cm³/mol. The van der Waals surface area contributed by atoms with Crippen molar-refractivity contribution in [1.82, 2.24) is 19.9 Å². The van der Waals surface area contributed by atoms with Gasteiger partial charge >= 0.3 is 0 Å². The molecular weight excluding hydrogens is 356 g/mol. The molecule has 8 heteroatoms. The number of hydrogen-bond acceptors (Lipinski definition) is 6. The molecule has 0 unspecified atom stereocenters. The summed E-state index contributed by atoms with van der Waals surface area (Å²) in [5.41, 5.74) is 2.09. The van der Waals surface area contributed by atoms with Crippen LogP contribution in [0.2, 0.25) is 5.02 Å². The van der Waals surface area contributed by atoms with Crippen LogP contribution in [0, 0.1) is 0 Å². The van der Waals surface area contributed by atoms with Crippen LogP contribution in [0.15, 0.2) is 18.3 Å². The standard InChI is InChI=1S/C18H23ClN4O3/c1-3-25-17-6-12(14(19)7-16(17)24-2)9-22-5-4-15-18(10-22)26-11-13-8-20-21-23(13)15/h6-8,15,18H,3-5,9-11H2,1-2H3/t15-,18-/m0/s1. The van der Waals surface area contributed by atoms with Crippen molar-refractivity contribution in [2.45, 2.75) is 38.6 Å². The molecule has 0 saturated carbocycles. The van der Waals surface area contributed by atoms with Gasteiger partial charge in [-0.05, 0) is 25.0 Å². The van der Waals surface area contributed by atoms with Crippen molar-refractivity contribution in [2.24, 2.45) is 0 Å². The summed E-state index contributed by atoms with van der Waals surface area (Å²) in [5.74, 6) is 1.39. The number of piperidine rings is 1. The highest BCUT2D eigenvalue weighted by Crippen LogP contribution is 2.36. The topological polar surface area (TPSA) is 61.6 Å². The molecule has 7 nitrogen and oxygen atoms in total. The number of methoxy groups -OCH3 is 1. The highest BCUT2D eigenvalue weighted by Gasteiger charge is 2.36. The second-order valence-corrected chi connectivity index (χ2v) is 7.05. The zero-order valence-electron chi connectivity index (χ0n) is 15.0. The van der Waals surface area contributed by atoms with Crippen molar-refractivity contribution in [1.29, 1.82) is 0 Å². The molecule has 0 spiro atoms. The molecule has 0 aliphatic carbocycles. The van der Waals surface area contributed by atoms with Gasteiger partial charge in [0, 0.05) is 30.7 Å². The summed E-state index contributed by atoms with van der Waals surface area (Å²) < 4.78 is 19.1. The van der Waals surface area contributed by atoms with Gasteiger partial charge in [-0.3, -0.25) is 4.90 Å². The van der Waals surface area contributed by atoms with Gasteiger partial charge in [0.1, 0.15) is 0 Å². The second-order valence-electron chi connectivity index (χ2n) is 6.64. The number of ether oxygens (including phenoxy) is 3.